The highest BCUT2D eigenvalue weighted by molar-refractivity contribution is 7.89. The zero-order chi connectivity index (χ0) is 20.8. The molecule has 10 heteroatoms. The van der Waals surface area contributed by atoms with Crippen LogP contribution in [0.4, 0.5) is 18.9 Å². The lowest BCUT2D eigenvalue weighted by Crippen LogP contribution is -2.24. The van der Waals surface area contributed by atoms with Gasteiger partial charge >= 0.3 is 6.18 Å². The fourth-order valence-electron chi connectivity index (χ4n) is 2.17. The first kappa shape index (κ1) is 22.8. The summed E-state index contributed by atoms with van der Waals surface area (Å²) >= 11 is 0. The van der Waals surface area contributed by atoms with Crippen LogP contribution in [-0.2, 0) is 16.2 Å². The molecule has 0 saturated carbocycles. The van der Waals surface area contributed by atoms with Gasteiger partial charge in [-0.25, -0.2) is 13.1 Å². The Morgan fingerprint density at radius 3 is 2.37 bits per heavy atom. The van der Waals surface area contributed by atoms with Gasteiger partial charge in [0, 0.05) is 12.6 Å². The predicted molar refractivity (Wildman–Crippen MR) is 95.7 cm³/mol. The number of alkyl halides is 3. The van der Waals surface area contributed by atoms with Gasteiger partial charge in [-0.2, -0.15) is 13.2 Å². The van der Waals surface area contributed by atoms with Crippen LogP contribution in [0.25, 0.3) is 0 Å². The zero-order valence-corrected chi connectivity index (χ0v) is 15.9. The van der Waals surface area contributed by atoms with E-state index in [4.69, 9.17) is 0 Å². The van der Waals surface area contributed by atoms with E-state index in [9.17, 15) is 31.7 Å². The molecular formula is C17H21F3N2O4S. The first-order chi connectivity index (χ1) is 12.3. The van der Waals surface area contributed by atoms with Crippen molar-refractivity contribution in [2.75, 3.05) is 6.54 Å². The quantitative estimate of drug-likeness (QED) is 0.389. The van der Waals surface area contributed by atoms with Crippen molar-refractivity contribution in [1.82, 2.24) is 4.72 Å². The average Bonchev–Trinajstić information content (AvgIpc) is 2.52. The maximum Gasteiger partial charge on any atom is 0.423 e. The normalized spacial score (nSPS) is 12.7. The summed E-state index contributed by atoms with van der Waals surface area (Å²) in [4.78, 5) is 8.85. The van der Waals surface area contributed by atoms with Gasteiger partial charge in [-0.3, -0.25) is 10.1 Å². The molecule has 6 nitrogen and oxygen atoms in total. The summed E-state index contributed by atoms with van der Waals surface area (Å²) in [5, 5.41) is 10.7. The molecule has 150 valence electrons. The molecule has 1 rings (SSSR count). The lowest BCUT2D eigenvalue weighted by Gasteiger charge is -2.10. The van der Waals surface area contributed by atoms with E-state index in [1.165, 1.54) is 5.57 Å². The maximum atomic E-state index is 13.0. The Morgan fingerprint density at radius 1 is 1.22 bits per heavy atom. The Bertz CT molecular complexity index is 855. The highest BCUT2D eigenvalue weighted by Crippen LogP contribution is 2.37. The van der Waals surface area contributed by atoms with Crippen molar-refractivity contribution < 1.29 is 26.5 Å². The molecule has 1 N–H and O–H groups in total. The highest BCUT2D eigenvalue weighted by atomic mass is 32.2. The lowest BCUT2D eigenvalue weighted by molar-refractivity contribution is -0.388. The van der Waals surface area contributed by atoms with Crippen molar-refractivity contribution in [1.29, 1.82) is 0 Å². The van der Waals surface area contributed by atoms with E-state index in [0.29, 0.717) is 6.07 Å². The van der Waals surface area contributed by atoms with Crippen molar-refractivity contribution in [3.63, 3.8) is 0 Å². The molecule has 0 spiro atoms. The van der Waals surface area contributed by atoms with Crippen molar-refractivity contribution in [2.45, 2.75) is 44.7 Å². The third-order valence-electron chi connectivity index (χ3n) is 3.60. The van der Waals surface area contributed by atoms with Crippen LogP contribution in [0, 0.1) is 10.1 Å². The molecule has 0 amide bonds. The van der Waals surface area contributed by atoms with E-state index >= 15 is 0 Å². The number of halogens is 3. The molecule has 27 heavy (non-hydrogen) atoms. The molecule has 0 radical (unpaired) electrons. The fourth-order valence-corrected chi connectivity index (χ4v) is 3.16. The molecular weight excluding hydrogens is 385 g/mol. The molecule has 0 heterocycles. The zero-order valence-electron chi connectivity index (χ0n) is 15.1. The number of rotatable bonds is 8. The van der Waals surface area contributed by atoms with Gasteiger partial charge in [0.15, 0.2) is 0 Å². The summed E-state index contributed by atoms with van der Waals surface area (Å²) in [5.74, 6) is 0. The largest absolute Gasteiger partial charge is 0.423 e. The topological polar surface area (TPSA) is 89.3 Å². The van der Waals surface area contributed by atoms with Crippen molar-refractivity contribution in [3.8, 4) is 0 Å². The molecule has 1 aromatic carbocycles. The van der Waals surface area contributed by atoms with Crippen LogP contribution in [0.5, 0.6) is 0 Å². The van der Waals surface area contributed by atoms with E-state index in [0.717, 1.165) is 24.5 Å². The lowest BCUT2D eigenvalue weighted by atomic mass is 10.1. The summed E-state index contributed by atoms with van der Waals surface area (Å²) in [6, 6.07) is 1.59. The van der Waals surface area contributed by atoms with Crippen molar-refractivity contribution >= 4 is 15.7 Å². The minimum Gasteiger partial charge on any atom is -0.258 e. The number of hydrogen-bond donors (Lipinski definition) is 1. The van der Waals surface area contributed by atoms with Gasteiger partial charge in [0.25, 0.3) is 5.69 Å². The SMILES string of the molecule is CC(C)=CCCC(C)=CCNS(=O)(=O)c1ccc([N+](=O)[O-])c(C(F)(F)F)c1. The van der Waals surface area contributed by atoms with Crippen molar-refractivity contribution in [2.24, 2.45) is 0 Å². The molecule has 0 fully saturated rings. The third-order valence-corrected chi connectivity index (χ3v) is 5.02. The second-order valence-corrected chi connectivity index (χ2v) is 7.92. The first-order valence-electron chi connectivity index (χ1n) is 7.99. The Hall–Kier alpha value is -2.20. The third kappa shape index (κ3) is 7.14. The summed E-state index contributed by atoms with van der Waals surface area (Å²) < 4.78 is 65.5. The van der Waals surface area contributed by atoms with Gasteiger partial charge in [0.2, 0.25) is 10.0 Å². The van der Waals surface area contributed by atoms with Gasteiger partial charge in [-0.15, -0.1) is 0 Å². The Balaban J connectivity index is 2.95. The number of nitrogens with zero attached hydrogens (tertiary/aromatic N) is 1. The number of hydrogen-bond acceptors (Lipinski definition) is 4. The molecule has 0 saturated heterocycles. The number of nitrogens with one attached hydrogen (secondary N) is 1. The molecule has 0 unspecified atom stereocenters. The van der Waals surface area contributed by atoms with Gasteiger partial charge in [-0.1, -0.05) is 23.3 Å². The molecule has 0 aliphatic carbocycles. The summed E-state index contributed by atoms with van der Waals surface area (Å²) in [7, 11) is -4.24. The van der Waals surface area contributed by atoms with Crippen LogP contribution in [0.15, 0.2) is 46.4 Å². The number of nitro groups is 1. The summed E-state index contributed by atoms with van der Waals surface area (Å²) in [6.07, 6.45) is 0.149. The molecule has 0 aliphatic rings. The molecule has 0 atom stereocenters. The summed E-state index contributed by atoms with van der Waals surface area (Å²) in [5.41, 5.74) is -0.711. The van der Waals surface area contributed by atoms with Gasteiger partial charge in [-0.05, 0) is 45.7 Å². The van der Waals surface area contributed by atoms with Crippen LogP contribution >= 0.6 is 0 Å². The van der Waals surface area contributed by atoms with Crippen LogP contribution in [-0.4, -0.2) is 19.9 Å². The highest BCUT2D eigenvalue weighted by Gasteiger charge is 2.39. The Labute approximate surface area is 156 Å². The monoisotopic (exact) mass is 406 g/mol. The average molecular weight is 406 g/mol. The number of allylic oxidation sites excluding steroid dienone is 3. The van der Waals surface area contributed by atoms with Gasteiger partial charge < -0.3 is 0 Å². The molecule has 0 bridgehead atoms. The van der Waals surface area contributed by atoms with Gasteiger partial charge in [0.05, 0.1) is 9.82 Å². The Morgan fingerprint density at radius 2 is 1.85 bits per heavy atom. The van der Waals surface area contributed by atoms with Crippen LogP contribution < -0.4 is 4.72 Å². The number of benzene rings is 1. The second kappa shape index (κ2) is 9.14. The van der Waals surface area contributed by atoms with E-state index in [1.54, 1.807) is 6.08 Å². The number of sulfonamides is 1. The number of nitro benzene ring substituents is 1. The molecule has 1 aromatic rings. The predicted octanol–water partition coefficient (Wildman–Crippen LogP) is 4.58. The minimum atomic E-state index is -5.05. The molecule has 0 aliphatic heterocycles. The fraction of sp³-hybridized carbons (Fsp3) is 0.412. The van der Waals surface area contributed by atoms with Crippen LogP contribution in [0.2, 0.25) is 0 Å². The second-order valence-electron chi connectivity index (χ2n) is 6.16. The standard InChI is InChI=1S/C17H21F3N2O4S/c1-12(2)5-4-6-13(3)9-10-21-27(25,26)14-7-8-16(22(23)24)15(11-14)17(18,19)20/h5,7-9,11,21H,4,6,10H2,1-3H3. The van der Waals surface area contributed by atoms with Crippen LogP contribution in [0.3, 0.4) is 0 Å². The maximum absolute atomic E-state index is 13.0. The molecule has 0 aromatic heterocycles. The van der Waals surface area contributed by atoms with E-state index in [-0.39, 0.29) is 12.6 Å². The smallest absolute Gasteiger partial charge is 0.258 e. The van der Waals surface area contributed by atoms with Crippen LogP contribution in [0.1, 0.15) is 39.2 Å². The van der Waals surface area contributed by atoms with Gasteiger partial charge in [0.1, 0.15) is 5.56 Å². The Kier molecular flexibility index (Phi) is 7.73. The van der Waals surface area contributed by atoms with E-state index < -0.39 is 37.3 Å². The first-order valence-corrected chi connectivity index (χ1v) is 9.47. The minimum absolute atomic E-state index is 0.0959. The van der Waals surface area contributed by atoms with Crippen molar-refractivity contribution in [3.05, 3.63) is 57.2 Å². The van der Waals surface area contributed by atoms with E-state index in [2.05, 4.69) is 4.72 Å². The summed E-state index contributed by atoms with van der Waals surface area (Å²) in [6.45, 7) is 5.65. The van der Waals surface area contributed by atoms with E-state index in [1.807, 2.05) is 26.8 Å².